The average molecular weight is 244 g/mol. The van der Waals surface area contributed by atoms with Gasteiger partial charge in [-0.15, -0.1) is 0 Å². The van der Waals surface area contributed by atoms with Gasteiger partial charge in [-0.25, -0.2) is 0 Å². The van der Waals surface area contributed by atoms with Crippen LogP contribution in [0.25, 0.3) is 0 Å². The Morgan fingerprint density at radius 1 is 0.667 bits per heavy atom. The van der Waals surface area contributed by atoms with E-state index in [0.717, 1.165) is 12.8 Å². The molecule has 0 fully saturated rings. The van der Waals surface area contributed by atoms with Crippen LogP contribution in [0.1, 0.15) is 54.4 Å². The van der Waals surface area contributed by atoms with Gasteiger partial charge in [0.05, 0.1) is 0 Å². The summed E-state index contributed by atoms with van der Waals surface area (Å²) in [6.07, 6.45) is 15.5. The molecular formula is C18H28. The molecule has 0 aliphatic heterocycles. The lowest BCUT2D eigenvalue weighted by Gasteiger charge is -2.19. The topological polar surface area (TPSA) is 0 Å². The third-order valence-corrected chi connectivity index (χ3v) is 3.47. The summed E-state index contributed by atoms with van der Waals surface area (Å²) < 4.78 is 0. The lowest BCUT2D eigenvalue weighted by atomic mass is 9.86. The third kappa shape index (κ3) is 4.68. The Bertz CT molecular complexity index is 347. The van der Waals surface area contributed by atoms with E-state index in [1.54, 1.807) is 11.1 Å². The van der Waals surface area contributed by atoms with E-state index in [-0.39, 0.29) is 0 Å². The molecule has 0 spiro atoms. The molecule has 0 atom stereocenters. The van der Waals surface area contributed by atoms with E-state index >= 15 is 0 Å². The van der Waals surface area contributed by atoms with Crippen molar-refractivity contribution in [2.45, 2.75) is 54.4 Å². The van der Waals surface area contributed by atoms with E-state index in [2.05, 4.69) is 78.0 Å². The summed E-state index contributed by atoms with van der Waals surface area (Å²) in [6.45, 7) is 13.5. The van der Waals surface area contributed by atoms with E-state index < -0.39 is 0 Å². The minimum absolute atomic E-state index is 0.378. The van der Waals surface area contributed by atoms with E-state index in [1.807, 2.05) is 0 Å². The summed E-state index contributed by atoms with van der Waals surface area (Å²) in [5.41, 5.74) is 3.84. The molecule has 0 aromatic carbocycles. The van der Waals surface area contributed by atoms with Gasteiger partial charge < -0.3 is 0 Å². The van der Waals surface area contributed by atoms with Crippen molar-refractivity contribution in [3.05, 3.63) is 47.6 Å². The number of hydrogen-bond acceptors (Lipinski definition) is 0. The molecule has 2 aliphatic carbocycles. The van der Waals surface area contributed by atoms with Crippen LogP contribution < -0.4 is 0 Å². The first-order chi connectivity index (χ1) is 8.21. The summed E-state index contributed by atoms with van der Waals surface area (Å²) >= 11 is 0. The van der Waals surface area contributed by atoms with Gasteiger partial charge in [-0.2, -0.15) is 0 Å². The Labute approximate surface area is 113 Å². The highest BCUT2D eigenvalue weighted by molar-refractivity contribution is 5.27. The van der Waals surface area contributed by atoms with Gasteiger partial charge in [0, 0.05) is 0 Å². The van der Waals surface area contributed by atoms with Crippen molar-refractivity contribution in [1.82, 2.24) is 0 Å². The second kappa shape index (κ2) is 5.73. The zero-order chi connectivity index (χ0) is 13.8. The zero-order valence-electron chi connectivity index (χ0n) is 12.9. The van der Waals surface area contributed by atoms with E-state index in [0.29, 0.717) is 10.8 Å². The van der Waals surface area contributed by atoms with Gasteiger partial charge in [-0.3, -0.25) is 0 Å². The minimum atomic E-state index is 0.378. The quantitative estimate of drug-likeness (QED) is 0.502. The van der Waals surface area contributed by atoms with Crippen LogP contribution in [0.15, 0.2) is 47.6 Å². The Morgan fingerprint density at radius 2 is 1.00 bits per heavy atom. The Kier molecular flexibility index (Phi) is 4.78. The molecule has 0 saturated heterocycles. The zero-order valence-corrected chi connectivity index (χ0v) is 12.9. The average Bonchev–Trinajstić information content (AvgIpc) is 2.91. The van der Waals surface area contributed by atoms with Gasteiger partial charge in [0.2, 0.25) is 0 Å². The maximum absolute atomic E-state index is 2.26. The van der Waals surface area contributed by atoms with Gasteiger partial charge in [-0.1, -0.05) is 89.1 Å². The standard InChI is InChI=1S/2C9H14/c2*1-9(2,3)8-6-4-5-7-8/h2*4-6H,7H2,1-3H3. The predicted molar refractivity (Wildman–Crippen MR) is 82.6 cm³/mol. The van der Waals surface area contributed by atoms with E-state index in [9.17, 15) is 0 Å². The minimum Gasteiger partial charge on any atom is -0.0804 e. The maximum atomic E-state index is 2.26. The Balaban J connectivity index is 0.000000180. The summed E-state index contributed by atoms with van der Waals surface area (Å²) in [4.78, 5) is 0. The summed E-state index contributed by atoms with van der Waals surface area (Å²) in [5, 5.41) is 0. The molecule has 0 heteroatoms. The van der Waals surface area contributed by atoms with Gasteiger partial charge in [0.25, 0.3) is 0 Å². The molecule has 18 heavy (non-hydrogen) atoms. The normalized spacial score (nSPS) is 18.3. The molecule has 0 aromatic heterocycles. The van der Waals surface area contributed by atoms with E-state index in [1.165, 1.54) is 0 Å². The first kappa shape index (κ1) is 15.0. The monoisotopic (exact) mass is 244 g/mol. The Morgan fingerprint density at radius 3 is 1.11 bits per heavy atom. The lowest BCUT2D eigenvalue weighted by Crippen LogP contribution is -2.06. The van der Waals surface area contributed by atoms with Crippen LogP contribution in [0.2, 0.25) is 0 Å². The molecule has 2 rings (SSSR count). The lowest BCUT2D eigenvalue weighted by molar-refractivity contribution is 0.496. The highest BCUT2D eigenvalue weighted by atomic mass is 14.2. The highest BCUT2D eigenvalue weighted by Gasteiger charge is 2.16. The maximum Gasteiger partial charge on any atom is -0.0127 e. The van der Waals surface area contributed by atoms with Crippen LogP contribution in [0.4, 0.5) is 0 Å². The molecule has 0 N–H and O–H groups in total. The molecule has 2 aliphatic rings. The molecule has 0 heterocycles. The number of rotatable bonds is 0. The smallest absolute Gasteiger partial charge is 0.0127 e. The fourth-order valence-electron chi connectivity index (χ4n) is 2.01. The number of hydrogen-bond donors (Lipinski definition) is 0. The van der Waals surface area contributed by atoms with Gasteiger partial charge >= 0.3 is 0 Å². The van der Waals surface area contributed by atoms with Gasteiger partial charge in [-0.05, 0) is 23.7 Å². The summed E-state index contributed by atoms with van der Waals surface area (Å²) in [5.74, 6) is 0. The first-order valence-corrected chi connectivity index (χ1v) is 6.93. The SMILES string of the molecule is CC(C)(C)C1=CC=CC1.CC(C)(C)C1=CC=CC1. The van der Waals surface area contributed by atoms with Crippen molar-refractivity contribution in [1.29, 1.82) is 0 Å². The van der Waals surface area contributed by atoms with Crippen LogP contribution in [0, 0.1) is 10.8 Å². The second-order valence-electron chi connectivity index (χ2n) is 7.15. The fourth-order valence-corrected chi connectivity index (χ4v) is 2.01. The third-order valence-electron chi connectivity index (χ3n) is 3.47. The molecule has 0 nitrogen and oxygen atoms in total. The van der Waals surface area contributed by atoms with Crippen molar-refractivity contribution >= 4 is 0 Å². The first-order valence-electron chi connectivity index (χ1n) is 6.93. The molecule has 0 amide bonds. The summed E-state index contributed by atoms with van der Waals surface area (Å²) in [7, 11) is 0. The van der Waals surface area contributed by atoms with Crippen LogP contribution in [-0.2, 0) is 0 Å². The van der Waals surface area contributed by atoms with Gasteiger partial charge in [0.1, 0.15) is 0 Å². The van der Waals surface area contributed by atoms with Gasteiger partial charge in [0.15, 0.2) is 0 Å². The molecule has 100 valence electrons. The number of allylic oxidation sites excluding steroid dienone is 8. The molecule has 0 unspecified atom stereocenters. The van der Waals surface area contributed by atoms with E-state index in [4.69, 9.17) is 0 Å². The van der Waals surface area contributed by atoms with Crippen molar-refractivity contribution in [3.8, 4) is 0 Å². The van der Waals surface area contributed by atoms with Crippen molar-refractivity contribution in [2.75, 3.05) is 0 Å². The Hall–Kier alpha value is -1.04. The molecular weight excluding hydrogens is 216 g/mol. The molecule has 0 aromatic rings. The van der Waals surface area contributed by atoms with Crippen LogP contribution in [-0.4, -0.2) is 0 Å². The largest absolute Gasteiger partial charge is 0.0804 e. The van der Waals surface area contributed by atoms with Crippen LogP contribution in [0.3, 0.4) is 0 Å². The van der Waals surface area contributed by atoms with Crippen molar-refractivity contribution < 1.29 is 0 Å². The summed E-state index contributed by atoms with van der Waals surface area (Å²) in [6, 6.07) is 0. The molecule has 0 bridgehead atoms. The van der Waals surface area contributed by atoms with Crippen LogP contribution >= 0.6 is 0 Å². The fraction of sp³-hybridized carbons (Fsp3) is 0.556. The predicted octanol–water partition coefficient (Wildman–Crippen LogP) is 5.84. The van der Waals surface area contributed by atoms with Crippen molar-refractivity contribution in [2.24, 2.45) is 10.8 Å². The van der Waals surface area contributed by atoms with Crippen LogP contribution in [0.5, 0.6) is 0 Å². The molecule has 0 radical (unpaired) electrons. The van der Waals surface area contributed by atoms with Crippen molar-refractivity contribution in [3.63, 3.8) is 0 Å². The second-order valence-corrected chi connectivity index (χ2v) is 7.15. The highest BCUT2D eigenvalue weighted by Crippen LogP contribution is 2.31. The molecule has 0 saturated carbocycles.